The molecule has 4 aromatic rings. The van der Waals surface area contributed by atoms with E-state index in [2.05, 4.69) is 115 Å². The van der Waals surface area contributed by atoms with E-state index in [4.69, 9.17) is 55.5 Å². The topological polar surface area (TPSA) is 588 Å². The maximum Gasteiger partial charge on any atom is 0.351 e. The van der Waals surface area contributed by atoms with Gasteiger partial charge in [0, 0.05) is 88.6 Å². The molecule has 42 heteroatoms. The van der Waals surface area contributed by atoms with Crippen LogP contribution in [-0.2, 0) is 33.2 Å². The van der Waals surface area contributed by atoms with E-state index in [1.807, 2.05) is 8.98 Å². The summed E-state index contributed by atoms with van der Waals surface area (Å²) < 4.78 is 43.7. The predicted octanol–water partition coefficient (Wildman–Crippen LogP) is 0.0788. The van der Waals surface area contributed by atoms with Crippen molar-refractivity contribution >= 4 is 71.7 Å². The number of imidazole rings is 1. The molecule has 5 unspecified atom stereocenters. The van der Waals surface area contributed by atoms with Gasteiger partial charge in [-0.2, -0.15) is 15.0 Å². The van der Waals surface area contributed by atoms with Crippen LogP contribution in [0.25, 0.3) is 31.3 Å². The van der Waals surface area contributed by atoms with E-state index in [-0.39, 0.29) is 25.0 Å². The average molecular weight is 1670 g/mol. The fourth-order valence-electron chi connectivity index (χ4n) is 8.30. The predicted molar refractivity (Wildman–Crippen MR) is 347 cm³/mol. The number of ether oxygens (including phenoxy) is 7. The number of nitrogens with two attached hydrogens (primary N) is 1. The van der Waals surface area contributed by atoms with Gasteiger partial charge in [-0.05, 0) is 103 Å². The lowest BCUT2D eigenvalue weighted by atomic mass is 10.0. The summed E-state index contributed by atoms with van der Waals surface area (Å²) in [5.41, 5.74) is 23.9. The van der Waals surface area contributed by atoms with Gasteiger partial charge in [0.15, 0.2) is 18.7 Å². The minimum Gasteiger partial charge on any atom is -0.836 e. The second-order valence-electron chi connectivity index (χ2n) is 22.3. The minimum absolute atomic E-state index is 0. The number of aryl methyl sites for hydroxylation is 1. The maximum atomic E-state index is 12.9. The van der Waals surface area contributed by atoms with Crippen molar-refractivity contribution in [1.29, 1.82) is 0 Å². The Balaban J connectivity index is 0.000000462. The number of azide groups is 3. The molecule has 3 saturated heterocycles. The van der Waals surface area contributed by atoms with Crippen molar-refractivity contribution in [3.8, 4) is 0 Å². The van der Waals surface area contributed by atoms with E-state index in [0.29, 0.717) is 5.69 Å². The van der Waals surface area contributed by atoms with Crippen molar-refractivity contribution in [2.24, 2.45) is 44.9 Å². The average Bonchev–Trinajstić information content (AvgIpc) is 1.62. The molecule has 0 spiro atoms. The fourth-order valence-corrected chi connectivity index (χ4v) is 8.59. The third-order valence-electron chi connectivity index (χ3n) is 13.6. The number of nitrogens with zero attached hydrogens (tertiary/aromatic N) is 17. The smallest absolute Gasteiger partial charge is 0.351 e. The molecule has 0 radical (unpaired) electrons. The summed E-state index contributed by atoms with van der Waals surface area (Å²) in [5, 5.41) is 124. The van der Waals surface area contributed by atoms with Gasteiger partial charge in [-0.3, -0.25) is 16.5 Å². The lowest BCUT2D eigenvalue weighted by Crippen LogP contribution is -2.53. The molecule has 0 amide bonds. The van der Waals surface area contributed by atoms with Gasteiger partial charge in [0.25, 0.3) is 0 Å². The number of rotatable bonds is 24. The molecule has 8 N–H and O–H groups in total. The second kappa shape index (κ2) is 39.3. The van der Waals surface area contributed by atoms with Gasteiger partial charge in [-0.25, -0.2) is 19.4 Å². The van der Waals surface area contributed by atoms with Gasteiger partial charge in [0.05, 0.1) is 42.7 Å². The van der Waals surface area contributed by atoms with Crippen molar-refractivity contribution in [3.05, 3.63) is 124 Å². The highest BCUT2D eigenvalue weighted by atomic mass is 128. The van der Waals surface area contributed by atoms with Crippen LogP contribution in [0.4, 0.5) is 11.6 Å². The summed E-state index contributed by atoms with van der Waals surface area (Å²) in [7, 11) is 0. The summed E-state index contributed by atoms with van der Waals surface area (Å²) in [6, 6.07) is 4.17. The van der Waals surface area contributed by atoms with E-state index in [0.717, 1.165) is 13.7 Å². The largest absolute Gasteiger partial charge is 0.836 e. The van der Waals surface area contributed by atoms with E-state index < -0.39 is 164 Å². The Hall–Kier alpha value is -5.11. The lowest BCUT2D eigenvalue weighted by molar-refractivity contribution is -0.527. The molecule has 4 aromatic heterocycles. The zero-order chi connectivity index (χ0) is 70.5. The zero-order valence-corrected chi connectivity index (χ0v) is 58.4. The van der Waals surface area contributed by atoms with Gasteiger partial charge in [-0.15, -0.1) is 0 Å². The number of aromatic nitrogens is 8. The first kappa shape index (κ1) is 85.0. The first-order valence-corrected chi connectivity index (χ1v) is 35.4. The third-order valence-corrected chi connectivity index (χ3v) is 14.2. The molecule has 3 fully saturated rings. The SMILES string of the molecule is C.CC(C)C([O-])Nc1ccn([C@@H]2O[C@@](CO)(N=[N+]=[N-])[C@@H](OC([O-])C(C)C)[C@H]2OC([O-])C(C)C)c(=O)n1.CC(C)C([O-])O[C@H]1[C@H](n2ccc(N)nc2=O)O[C@@](CO)(N=[N+]=[N-])[C@H]1OC([O-])C(C)C.Cc1ccn([C@@H]2O[C@@](CO)(N=[N+]=[N-])[C@@H](O)[C@H]2O)c(=O)n1.II.In1ccnc1. The molecule has 3 aliphatic rings. The first-order valence-electron chi connectivity index (χ1n) is 28.1. The molecule has 0 saturated carbocycles. The standard InChI is InChI=1S/C21H33N6O8.C17H26N6O7.C10H13N5O5.C3H3IN2.CH4.I2/c1-10(2)16(29)23-13-7-8-27(20(32)24-13)17-14(33-18(30)11(3)4)15(34-19(31)12(5)6)21(9-28,35-17)25-26-22;1-8(2)14(25)28-11-12(29-15(26)9(3)4)17(7-24,21-22-19)30-13(11)23-6-5-10(18)20-16(23)27;1-5-2-3-15(9(19)12-5)8-6(17)7(18)10(4-16,20-8)13-14-11;4-6-2-1-5-3-6;;1-2/h7-8,10-12,14-19,28H,9H2,1-6H3,(H,23,24,32);5-6,8-9,11-15,24H,7H2,1-4H3,(H2,18,20,27);2-3,6-8,16-18H,4H2,1H3;1-3H;1H4;/q-3;-2;;;;/t14-,15+,16?,17-,18?,19?,21-;11-,12+,13-,14?,15?,17-;6-,7+,8-,10-;;;/m111.../s1. The molecule has 528 valence electrons. The molecule has 39 nitrogen and oxygen atoms in total. The number of halogens is 3. The molecular formula is C52H79I3N19O20-5. The second-order valence-corrected chi connectivity index (χ2v) is 23.4. The van der Waals surface area contributed by atoms with Crippen LogP contribution in [0.5, 0.6) is 0 Å². The summed E-state index contributed by atoms with van der Waals surface area (Å²) in [5.74, 6) is -2.32. The molecule has 94 heavy (non-hydrogen) atoms. The van der Waals surface area contributed by atoms with E-state index >= 15 is 0 Å². The number of nitrogens with one attached hydrogen (secondary N) is 1. The Labute approximate surface area is 575 Å². The van der Waals surface area contributed by atoms with Crippen molar-refractivity contribution in [2.75, 3.05) is 30.9 Å². The maximum absolute atomic E-state index is 12.9. The molecule has 3 aliphatic heterocycles. The van der Waals surface area contributed by atoms with Crippen LogP contribution in [0.2, 0.25) is 0 Å². The number of aliphatic hydroxyl groups excluding tert-OH is 5. The summed E-state index contributed by atoms with van der Waals surface area (Å²) in [6.45, 7) is 15.2. The van der Waals surface area contributed by atoms with E-state index in [1.54, 1.807) is 88.7 Å². The van der Waals surface area contributed by atoms with Crippen LogP contribution in [0.1, 0.15) is 101 Å². The van der Waals surface area contributed by atoms with Gasteiger partial charge in [0.2, 0.25) is 17.2 Å². The number of anilines is 2. The summed E-state index contributed by atoms with van der Waals surface area (Å²) in [4.78, 5) is 59.7. The fraction of sp³-hybridized carbons (Fsp3) is 0.712. The van der Waals surface area contributed by atoms with E-state index in [9.17, 15) is 65.4 Å². The highest BCUT2D eigenvalue weighted by Crippen LogP contribution is 2.44. The van der Waals surface area contributed by atoms with Gasteiger partial charge in [0.1, 0.15) is 54.6 Å². The van der Waals surface area contributed by atoms with Crippen molar-refractivity contribution in [3.63, 3.8) is 0 Å². The highest BCUT2D eigenvalue weighted by molar-refractivity contribution is 15.0. The van der Waals surface area contributed by atoms with Crippen LogP contribution in [0, 0.1) is 36.5 Å². The van der Waals surface area contributed by atoms with Gasteiger partial charge in [-0.1, -0.05) is 92.0 Å². The number of hydrogen-bond donors (Lipinski definition) is 7. The number of nitrogen functional groups attached to an aromatic ring is 1. The molecule has 7 heterocycles. The Morgan fingerprint density at radius 2 is 1.00 bits per heavy atom. The monoisotopic (exact) mass is 1670 g/mol. The molecular weight excluding hydrogens is 1590 g/mol. The van der Waals surface area contributed by atoms with Crippen molar-refractivity contribution in [1.82, 2.24) is 36.4 Å². The molecule has 0 aromatic carbocycles. The van der Waals surface area contributed by atoms with Gasteiger partial charge >= 0.3 is 17.1 Å². The first-order chi connectivity index (χ1) is 43.8. The Kier molecular flexibility index (Phi) is 35.6. The van der Waals surface area contributed by atoms with E-state index in [1.165, 1.54) is 36.8 Å². The molecule has 0 aliphatic carbocycles. The number of aliphatic hydroxyl groups is 5. The molecule has 17 atom stereocenters. The zero-order valence-electron chi connectivity index (χ0n) is 52.0. The Morgan fingerprint density at radius 1 is 0.617 bits per heavy atom. The van der Waals surface area contributed by atoms with Crippen molar-refractivity contribution in [2.45, 2.75) is 187 Å². The number of hydrogen-bond acceptors (Lipinski definition) is 29. The third kappa shape index (κ3) is 21.9. The van der Waals surface area contributed by atoms with Crippen LogP contribution < -0.4 is 53.7 Å². The minimum atomic E-state index is -2.16. The van der Waals surface area contributed by atoms with Crippen LogP contribution >= 0.6 is 60.1 Å². The summed E-state index contributed by atoms with van der Waals surface area (Å²) in [6.07, 6.45) is -11.7. The lowest BCUT2D eigenvalue weighted by Gasteiger charge is -2.39. The highest BCUT2D eigenvalue weighted by Gasteiger charge is 2.60. The van der Waals surface area contributed by atoms with Crippen LogP contribution in [-0.4, -0.2) is 167 Å². The normalized spacial score (nSPS) is 26.8. The van der Waals surface area contributed by atoms with Gasteiger partial charge < -0.3 is 95.3 Å². The van der Waals surface area contributed by atoms with Crippen LogP contribution in [0.15, 0.2) is 85.2 Å². The molecule has 0 bridgehead atoms. The van der Waals surface area contributed by atoms with Crippen molar-refractivity contribution < 1.29 is 84.2 Å². The summed E-state index contributed by atoms with van der Waals surface area (Å²) >= 11 is 6.37. The molecule has 7 rings (SSSR count). The van der Waals surface area contributed by atoms with Crippen LogP contribution in [0.3, 0.4) is 0 Å². The Morgan fingerprint density at radius 3 is 1.35 bits per heavy atom. The Bertz CT molecular complexity index is 3290. The quantitative estimate of drug-likeness (QED) is 0.0161.